The van der Waals surface area contributed by atoms with Gasteiger partial charge in [-0.15, -0.1) is 18.0 Å². The highest BCUT2D eigenvalue weighted by Gasteiger charge is 1.99. The van der Waals surface area contributed by atoms with Crippen molar-refractivity contribution in [3.05, 3.63) is 29.8 Å². The van der Waals surface area contributed by atoms with E-state index < -0.39 is 0 Å². The molecule has 0 radical (unpaired) electrons. The van der Waals surface area contributed by atoms with E-state index in [1.165, 1.54) is 0 Å². The second-order valence-corrected chi connectivity index (χ2v) is 2.67. The summed E-state index contributed by atoms with van der Waals surface area (Å²) in [5.74, 6) is 2.18. The lowest BCUT2D eigenvalue weighted by atomic mass is 10.2. The first-order valence-electron chi connectivity index (χ1n) is 3.68. The summed E-state index contributed by atoms with van der Waals surface area (Å²) in [7, 11) is 0. The summed E-state index contributed by atoms with van der Waals surface area (Å²) in [5, 5.41) is 2.60. The third-order valence-corrected chi connectivity index (χ3v) is 1.68. The molecule has 0 saturated carbocycles. The summed E-state index contributed by atoms with van der Waals surface area (Å²) >= 11 is 5.32. The van der Waals surface area contributed by atoms with Crippen LogP contribution >= 0.6 is 11.6 Å². The minimum atomic E-state index is -0.240. The predicted octanol–water partition coefficient (Wildman–Crippen LogP) is 1.85. The van der Waals surface area contributed by atoms with Crippen molar-refractivity contribution in [2.24, 2.45) is 0 Å². The number of hydrogen-bond acceptors (Lipinski definition) is 1. The Morgan fingerprint density at radius 1 is 1.62 bits per heavy atom. The zero-order chi connectivity index (χ0) is 9.68. The minimum Gasteiger partial charge on any atom is -0.325 e. The van der Waals surface area contributed by atoms with Gasteiger partial charge in [-0.1, -0.05) is 12.0 Å². The first-order valence-corrected chi connectivity index (χ1v) is 4.22. The number of hydrogen-bond donors (Lipinski definition) is 1. The molecule has 13 heavy (non-hydrogen) atoms. The fourth-order valence-corrected chi connectivity index (χ4v) is 0.948. The number of anilines is 1. The van der Waals surface area contributed by atoms with Crippen LogP contribution in [-0.2, 0) is 4.79 Å². The average Bonchev–Trinajstić information content (AvgIpc) is 2.18. The van der Waals surface area contributed by atoms with Crippen molar-refractivity contribution in [1.82, 2.24) is 0 Å². The number of nitrogens with one attached hydrogen (secondary N) is 1. The van der Waals surface area contributed by atoms with Gasteiger partial charge < -0.3 is 5.32 Å². The molecular weight excluding hydrogens is 186 g/mol. The molecule has 2 nitrogen and oxygen atoms in total. The summed E-state index contributed by atoms with van der Waals surface area (Å²) < 4.78 is 0. The molecule has 1 aromatic carbocycles. The highest BCUT2D eigenvalue weighted by molar-refractivity contribution is 6.29. The maximum atomic E-state index is 10.9. The molecule has 0 spiro atoms. The van der Waals surface area contributed by atoms with E-state index >= 15 is 0 Å². The van der Waals surface area contributed by atoms with E-state index in [4.69, 9.17) is 18.0 Å². The Balaban J connectivity index is 2.79. The van der Waals surface area contributed by atoms with Crippen molar-refractivity contribution >= 4 is 23.2 Å². The molecular formula is C10H8ClNO. The molecule has 0 aliphatic heterocycles. The summed E-state index contributed by atoms with van der Waals surface area (Å²) in [6.45, 7) is 0. The Hall–Kier alpha value is -1.46. The summed E-state index contributed by atoms with van der Waals surface area (Å²) in [5.41, 5.74) is 1.40. The molecule has 1 amide bonds. The van der Waals surface area contributed by atoms with Crippen LogP contribution in [0.3, 0.4) is 0 Å². The van der Waals surface area contributed by atoms with Crippen LogP contribution in [0.15, 0.2) is 24.3 Å². The van der Waals surface area contributed by atoms with Crippen LogP contribution in [0.4, 0.5) is 5.69 Å². The zero-order valence-corrected chi connectivity index (χ0v) is 7.64. The third-order valence-electron chi connectivity index (χ3n) is 1.43. The van der Waals surface area contributed by atoms with E-state index in [0.29, 0.717) is 5.69 Å². The van der Waals surface area contributed by atoms with Crippen LogP contribution < -0.4 is 5.32 Å². The van der Waals surface area contributed by atoms with Crippen LogP contribution in [0.1, 0.15) is 5.56 Å². The second-order valence-electron chi connectivity index (χ2n) is 2.41. The number of terminal acetylenes is 1. The van der Waals surface area contributed by atoms with Crippen molar-refractivity contribution in [2.45, 2.75) is 0 Å². The summed E-state index contributed by atoms with van der Waals surface area (Å²) in [4.78, 5) is 10.9. The smallest absolute Gasteiger partial charge is 0.239 e. The first-order chi connectivity index (χ1) is 6.26. The van der Waals surface area contributed by atoms with Crippen LogP contribution in [0, 0.1) is 12.3 Å². The molecule has 0 unspecified atom stereocenters. The van der Waals surface area contributed by atoms with Gasteiger partial charge in [0.05, 0.1) is 0 Å². The van der Waals surface area contributed by atoms with Gasteiger partial charge in [-0.05, 0) is 18.2 Å². The summed E-state index contributed by atoms with van der Waals surface area (Å²) in [6, 6.07) is 7.03. The van der Waals surface area contributed by atoms with Gasteiger partial charge in [-0.3, -0.25) is 4.79 Å². The number of carbonyl (C=O) groups excluding carboxylic acids is 1. The molecule has 66 valence electrons. The van der Waals surface area contributed by atoms with Crippen molar-refractivity contribution in [3.8, 4) is 12.3 Å². The van der Waals surface area contributed by atoms with Gasteiger partial charge in [-0.2, -0.15) is 0 Å². The zero-order valence-electron chi connectivity index (χ0n) is 6.88. The Kier molecular flexibility index (Phi) is 3.36. The van der Waals surface area contributed by atoms with E-state index in [2.05, 4.69) is 11.2 Å². The molecule has 0 atom stereocenters. The van der Waals surface area contributed by atoms with Crippen molar-refractivity contribution in [3.63, 3.8) is 0 Å². The normalized spacial score (nSPS) is 8.92. The number of alkyl halides is 1. The monoisotopic (exact) mass is 193 g/mol. The molecule has 1 rings (SSSR count). The first kappa shape index (κ1) is 9.63. The number of amides is 1. The lowest BCUT2D eigenvalue weighted by molar-refractivity contribution is -0.113. The fraction of sp³-hybridized carbons (Fsp3) is 0.100. The largest absolute Gasteiger partial charge is 0.325 e. The van der Waals surface area contributed by atoms with E-state index in [1.807, 2.05) is 0 Å². The van der Waals surface area contributed by atoms with Gasteiger partial charge in [0, 0.05) is 11.3 Å². The van der Waals surface area contributed by atoms with Gasteiger partial charge in [-0.25, -0.2) is 0 Å². The van der Waals surface area contributed by atoms with E-state index in [1.54, 1.807) is 24.3 Å². The second kappa shape index (κ2) is 4.54. The predicted molar refractivity (Wildman–Crippen MR) is 53.7 cm³/mol. The number of rotatable bonds is 2. The highest BCUT2D eigenvalue weighted by Crippen LogP contribution is 2.09. The number of benzene rings is 1. The Morgan fingerprint density at radius 2 is 2.38 bits per heavy atom. The van der Waals surface area contributed by atoms with Crippen molar-refractivity contribution in [1.29, 1.82) is 0 Å². The quantitative estimate of drug-likeness (QED) is 0.564. The number of carbonyl (C=O) groups is 1. The molecule has 0 saturated heterocycles. The SMILES string of the molecule is C#Cc1cccc(NC(=O)CCl)c1. The minimum absolute atomic E-state index is 0.0553. The topological polar surface area (TPSA) is 29.1 Å². The lowest BCUT2D eigenvalue weighted by Crippen LogP contribution is -2.12. The van der Waals surface area contributed by atoms with Gasteiger partial charge >= 0.3 is 0 Å². The Bertz CT molecular complexity index is 354. The Labute approximate surface area is 81.9 Å². The standard InChI is InChI=1S/C10H8ClNO/c1-2-8-4-3-5-9(6-8)12-10(13)7-11/h1,3-6H,7H2,(H,12,13). The molecule has 1 aromatic rings. The molecule has 0 aromatic heterocycles. The van der Waals surface area contributed by atoms with Gasteiger partial charge in [0.1, 0.15) is 5.88 Å². The molecule has 0 bridgehead atoms. The molecule has 0 heterocycles. The van der Waals surface area contributed by atoms with Crippen LogP contribution in [-0.4, -0.2) is 11.8 Å². The van der Waals surface area contributed by atoms with E-state index in [9.17, 15) is 4.79 Å². The van der Waals surface area contributed by atoms with E-state index in [0.717, 1.165) is 5.56 Å². The molecule has 0 fully saturated rings. The maximum absolute atomic E-state index is 10.9. The van der Waals surface area contributed by atoms with Gasteiger partial charge in [0.25, 0.3) is 0 Å². The highest BCUT2D eigenvalue weighted by atomic mass is 35.5. The lowest BCUT2D eigenvalue weighted by Gasteiger charge is -2.02. The Morgan fingerprint density at radius 3 is 3.00 bits per heavy atom. The molecule has 3 heteroatoms. The van der Waals surface area contributed by atoms with E-state index in [-0.39, 0.29) is 11.8 Å². The molecule has 1 N–H and O–H groups in total. The summed E-state index contributed by atoms with van der Waals surface area (Å²) in [6.07, 6.45) is 5.19. The fourth-order valence-electron chi connectivity index (χ4n) is 0.881. The molecule has 0 aliphatic carbocycles. The molecule has 0 aliphatic rings. The van der Waals surface area contributed by atoms with Crippen molar-refractivity contribution < 1.29 is 4.79 Å². The third kappa shape index (κ3) is 2.81. The average molecular weight is 194 g/mol. The van der Waals surface area contributed by atoms with Gasteiger partial charge in [0.2, 0.25) is 5.91 Å². The van der Waals surface area contributed by atoms with Crippen LogP contribution in [0.5, 0.6) is 0 Å². The maximum Gasteiger partial charge on any atom is 0.239 e. The van der Waals surface area contributed by atoms with Crippen molar-refractivity contribution in [2.75, 3.05) is 11.2 Å². The van der Waals surface area contributed by atoms with Crippen LogP contribution in [0.25, 0.3) is 0 Å². The van der Waals surface area contributed by atoms with Gasteiger partial charge in [0.15, 0.2) is 0 Å². The van der Waals surface area contributed by atoms with Crippen LogP contribution in [0.2, 0.25) is 0 Å². The number of halogens is 1.